The summed E-state index contributed by atoms with van der Waals surface area (Å²) in [6.45, 7) is 0. The lowest BCUT2D eigenvalue weighted by Gasteiger charge is -1.98. The van der Waals surface area contributed by atoms with E-state index in [2.05, 4.69) is 0 Å². The molecule has 33 heavy (non-hydrogen) atoms. The molecule has 0 bridgehead atoms. The predicted molar refractivity (Wildman–Crippen MR) is 131 cm³/mol. The number of phenols is 5. The van der Waals surface area contributed by atoms with E-state index < -0.39 is 0 Å². The van der Waals surface area contributed by atoms with Gasteiger partial charge in [-0.1, -0.05) is 24.3 Å². The maximum Gasteiger partial charge on any atom is 0.138 e. The van der Waals surface area contributed by atoms with Crippen molar-refractivity contribution >= 4 is 32.9 Å². The second-order valence-corrected chi connectivity index (χ2v) is 7.25. The first-order valence-electron chi connectivity index (χ1n) is 9.89. The minimum atomic E-state index is 0.0733. The van der Waals surface area contributed by atoms with Crippen molar-refractivity contribution in [3.63, 3.8) is 0 Å². The van der Waals surface area contributed by atoms with Gasteiger partial charge in [-0.3, -0.25) is 0 Å². The Bertz CT molecular complexity index is 1250. The molecular weight excluding hydrogens is 420 g/mol. The van der Waals surface area contributed by atoms with Crippen molar-refractivity contribution in [3.8, 4) is 28.7 Å². The molecule has 0 saturated heterocycles. The molecule has 5 aromatic carbocycles. The second-order valence-electron chi connectivity index (χ2n) is 7.25. The number of nitrogen functional groups attached to an aromatic ring is 2. The quantitative estimate of drug-likeness (QED) is 0.100. The van der Waals surface area contributed by atoms with Crippen molar-refractivity contribution < 1.29 is 25.5 Å². The lowest BCUT2D eigenvalue weighted by Crippen LogP contribution is -1.88. The highest BCUT2D eigenvalue weighted by molar-refractivity contribution is 5.85. The van der Waals surface area contributed by atoms with Crippen LogP contribution in [-0.2, 0) is 0 Å². The Morgan fingerprint density at radius 3 is 1.06 bits per heavy atom. The molecular formula is C26H24N2O5. The van der Waals surface area contributed by atoms with Gasteiger partial charge in [0.2, 0.25) is 0 Å². The topological polar surface area (TPSA) is 153 Å². The van der Waals surface area contributed by atoms with E-state index >= 15 is 0 Å². The minimum Gasteiger partial charge on any atom is -0.508 e. The van der Waals surface area contributed by atoms with Crippen molar-refractivity contribution in [3.05, 3.63) is 91.0 Å². The van der Waals surface area contributed by atoms with Gasteiger partial charge in [0.15, 0.2) is 0 Å². The smallest absolute Gasteiger partial charge is 0.138 e. The molecule has 0 spiro atoms. The Morgan fingerprint density at radius 1 is 0.394 bits per heavy atom. The van der Waals surface area contributed by atoms with Crippen LogP contribution in [0.4, 0.5) is 11.4 Å². The molecule has 0 aliphatic heterocycles. The molecule has 0 atom stereocenters. The third kappa shape index (κ3) is 6.35. The largest absolute Gasteiger partial charge is 0.508 e. The number of nitrogens with two attached hydrogens (primary N) is 2. The number of benzene rings is 5. The van der Waals surface area contributed by atoms with E-state index in [0.29, 0.717) is 11.4 Å². The van der Waals surface area contributed by atoms with Crippen LogP contribution in [0.1, 0.15) is 0 Å². The molecule has 0 unspecified atom stereocenters. The van der Waals surface area contributed by atoms with Crippen LogP contribution in [0.2, 0.25) is 0 Å². The lowest BCUT2D eigenvalue weighted by molar-refractivity contribution is 0.473. The summed E-state index contributed by atoms with van der Waals surface area (Å²) in [7, 11) is 0. The number of hydrogen-bond acceptors (Lipinski definition) is 7. The van der Waals surface area contributed by atoms with Gasteiger partial charge in [-0.15, -0.1) is 0 Å². The van der Waals surface area contributed by atoms with Gasteiger partial charge in [-0.05, 0) is 88.3 Å². The Balaban J connectivity index is 0.000000141. The van der Waals surface area contributed by atoms with Gasteiger partial charge in [0.25, 0.3) is 0 Å². The second kappa shape index (κ2) is 10.0. The van der Waals surface area contributed by atoms with Gasteiger partial charge >= 0.3 is 0 Å². The molecule has 0 heterocycles. The fourth-order valence-electron chi connectivity index (χ4n) is 3.02. The molecule has 0 saturated carbocycles. The van der Waals surface area contributed by atoms with E-state index in [1.807, 2.05) is 24.3 Å². The first-order valence-corrected chi connectivity index (χ1v) is 9.89. The highest BCUT2D eigenvalue weighted by atomic mass is 16.3. The van der Waals surface area contributed by atoms with Gasteiger partial charge in [0, 0.05) is 5.69 Å². The predicted octanol–water partition coefficient (Wildman–Crippen LogP) is 5.06. The summed E-state index contributed by atoms with van der Waals surface area (Å²) in [6, 6.07) is 24.8. The molecule has 7 nitrogen and oxygen atoms in total. The first-order chi connectivity index (χ1) is 15.7. The summed E-state index contributed by atoms with van der Waals surface area (Å²) < 4.78 is 0. The zero-order valence-corrected chi connectivity index (χ0v) is 17.6. The van der Waals surface area contributed by atoms with Gasteiger partial charge < -0.3 is 37.0 Å². The Labute approximate surface area is 190 Å². The number of rotatable bonds is 0. The molecule has 0 aliphatic rings. The van der Waals surface area contributed by atoms with Crippen molar-refractivity contribution in [2.75, 3.05) is 11.5 Å². The fourth-order valence-corrected chi connectivity index (χ4v) is 3.02. The molecule has 5 aromatic rings. The minimum absolute atomic E-state index is 0.0733. The van der Waals surface area contributed by atoms with E-state index in [1.54, 1.807) is 54.6 Å². The van der Waals surface area contributed by atoms with Gasteiger partial charge in [0.1, 0.15) is 28.7 Å². The Kier molecular flexibility index (Phi) is 6.95. The number of anilines is 2. The Morgan fingerprint density at radius 2 is 0.758 bits per heavy atom. The van der Waals surface area contributed by atoms with E-state index in [1.165, 1.54) is 12.1 Å². The zero-order valence-electron chi connectivity index (χ0n) is 17.6. The van der Waals surface area contributed by atoms with Crippen molar-refractivity contribution in [1.82, 2.24) is 0 Å². The number of hydrogen-bond donors (Lipinski definition) is 7. The third-order valence-electron chi connectivity index (χ3n) is 4.67. The molecule has 9 N–H and O–H groups in total. The molecule has 168 valence electrons. The molecule has 5 rings (SSSR count). The third-order valence-corrected chi connectivity index (χ3v) is 4.67. The van der Waals surface area contributed by atoms with Gasteiger partial charge in [-0.25, -0.2) is 0 Å². The van der Waals surface area contributed by atoms with Crippen LogP contribution in [0, 0.1) is 0 Å². The summed E-state index contributed by atoms with van der Waals surface area (Å²) in [5.74, 6) is 0.937. The summed E-state index contributed by atoms with van der Waals surface area (Å²) in [5.41, 5.74) is 11.5. The van der Waals surface area contributed by atoms with Crippen LogP contribution in [-0.4, -0.2) is 25.5 Å². The number of fused-ring (bicyclic) bond motifs is 2. The normalized spacial score (nSPS) is 10.1. The molecule has 0 aromatic heterocycles. The maximum absolute atomic E-state index is 9.14. The van der Waals surface area contributed by atoms with Crippen molar-refractivity contribution in [2.24, 2.45) is 0 Å². The molecule has 0 aliphatic carbocycles. The number of phenolic OH excluding ortho intramolecular Hbond substituents is 5. The lowest BCUT2D eigenvalue weighted by atomic mass is 10.1. The highest BCUT2D eigenvalue weighted by Gasteiger charge is 1.96. The average molecular weight is 444 g/mol. The van der Waals surface area contributed by atoms with E-state index in [4.69, 9.17) is 37.0 Å². The standard InChI is InChI=1S/2C10H8O2.C6H8N2O/c2*11-9-3-1-7-2-4-10(12)6-8(7)5-9;7-4-1-2-6(9)5(8)3-4/h2*1-6,11-12H;1-3,9H,7-8H2. The SMILES string of the molecule is Nc1ccc(O)c(N)c1.Oc1ccc2ccc(O)cc2c1.Oc1ccc2ccc(O)cc2c1. The summed E-state index contributed by atoms with van der Waals surface area (Å²) in [6.07, 6.45) is 0. The van der Waals surface area contributed by atoms with Crippen LogP contribution in [0.3, 0.4) is 0 Å². The van der Waals surface area contributed by atoms with E-state index in [-0.39, 0.29) is 28.7 Å². The van der Waals surface area contributed by atoms with Crippen molar-refractivity contribution in [2.45, 2.75) is 0 Å². The van der Waals surface area contributed by atoms with Crippen LogP contribution in [0.15, 0.2) is 91.0 Å². The van der Waals surface area contributed by atoms with Crippen LogP contribution < -0.4 is 11.5 Å². The molecule has 0 radical (unpaired) electrons. The fraction of sp³-hybridized carbons (Fsp3) is 0. The maximum atomic E-state index is 9.14. The van der Waals surface area contributed by atoms with Gasteiger partial charge in [-0.2, -0.15) is 0 Å². The van der Waals surface area contributed by atoms with Gasteiger partial charge in [0.05, 0.1) is 5.69 Å². The average Bonchev–Trinajstić information content (AvgIpc) is 2.77. The van der Waals surface area contributed by atoms with Crippen LogP contribution in [0.5, 0.6) is 28.7 Å². The first kappa shape index (κ1) is 22.9. The molecule has 0 amide bonds. The zero-order chi connectivity index (χ0) is 24.0. The molecule has 0 fully saturated rings. The molecule has 7 heteroatoms. The van der Waals surface area contributed by atoms with E-state index in [0.717, 1.165) is 21.5 Å². The summed E-state index contributed by atoms with van der Waals surface area (Å²) in [5, 5.41) is 49.1. The van der Waals surface area contributed by atoms with Crippen LogP contribution >= 0.6 is 0 Å². The highest BCUT2D eigenvalue weighted by Crippen LogP contribution is 2.24. The summed E-state index contributed by atoms with van der Waals surface area (Å²) >= 11 is 0. The Hall–Kier alpha value is -4.78. The number of aromatic hydroxyl groups is 5. The summed E-state index contributed by atoms with van der Waals surface area (Å²) in [4.78, 5) is 0. The van der Waals surface area contributed by atoms with Crippen molar-refractivity contribution in [1.29, 1.82) is 0 Å². The van der Waals surface area contributed by atoms with E-state index in [9.17, 15) is 0 Å². The van der Waals surface area contributed by atoms with Crippen LogP contribution in [0.25, 0.3) is 21.5 Å². The monoisotopic (exact) mass is 444 g/mol.